The van der Waals surface area contributed by atoms with Gasteiger partial charge < -0.3 is 9.88 Å². The Bertz CT molecular complexity index is 589. The van der Waals surface area contributed by atoms with Crippen LogP contribution in [0, 0.1) is 0 Å². The first-order valence-electron chi connectivity index (χ1n) is 6.78. The number of hydrogen-bond donors (Lipinski definition) is 1. The molecule has 4 heteroatoms. The first-order valence-corrected chi connectivity index (χ1v) is 7.16. The van der Waals surface area contributed by atoms with E-state index in [2.05, 4.69) is 20.9 Å². The van der Waals surface area contributed by atoms with Crippen molar-refractivity contribution in [2.24, 2.45) is 0 Å². The summed E-state index contributed by atoms with van der Waals surface area (Å²) in [5, 5.41) is 3.98. The molecular formula is C15H18ClN3. The van der Waals surface area contributed by atoms with Gasteiger partial charge in [-0.25, -0.2) is 4.98 Å². The molecule has 0 radical (unpaired) electrons. The van der Waals surface area contributed by atoms with Crippen molar-refractivity contribution < 1.29 is 0 Å². The molecule has 0 amide bonds. The van der Waals surface area contributed by atoms with Crippen molar-refractivity contribution in [2.45, 2.75) is 32.2 Å². The van der Waals surface area contributed by atoms with Gasteiger partial charge in [-0.3, -0.25) is 0 Å². The van der Waals surface area contributed by atoms with E-state index in [9.17, 15) is 0 Å². The zero-order valence-corrected chi connectivity index (χ0v) is 11.9. The van der Waals surface area contributed by atoms with Gasteiger partial charge in [0.15, 0.2) is 0 Å². The van der Waals surface area contributed by atoms with Crippen LogP contribution < -0.4 is 5.32 Å². The van der Waals surface area contributed by atoms with Crippen LogP contribution in [-0.2, 0) is 19.4 Å². The maximum atomic E-state index is 6.16. The third-order valence-electron chi connectivity index (χ3n) is 3.70. The Labute approximate surface area is 118 Å². The van der Waals surface area contributed by atoms with E-state index in [0.29, 0.717) is 0 Å². The lowest BCUT2D eigenvalue weighted by Gasteiger charge is -2.17. The minimum atomic E-state index is 0.771. The van der Waals surface area contributed by atoms with Crippen molar-refractivity contribution in [1.82, 2.24) is 14.9 Å². The van der Waals surface area contributed by atoms with Crippen LogP contribution in [-0.4, -0.2) is 16.6 Å². The van der Waals surface area contributed by atoms with Crippen molar-refractivity contribution in [1.29, 1.82) is 0 Å². The van der Waals surface area contributed by atoms with Gasteiger partial charge in [0, 0.05) is 17.3 Å². The molecule has 0 unspecified atom stereocenters. The first kappa shape index (κ1) is 12.7. The molecule has 0 saturated carbocycles. The highest BCUT2D eigenvalue weighted by molar-refractivity contribution is 6.30. The molecule has 100 valence electrons. The van der Waals surface area contributed by atoms with Crippen molar-refractivity contribution in [3.8, 4) is 5.69 Å². The van der Waals surface area contributed by atoms with Crippen LogP contribution in [0.5, 0.6) is 0 Å². The fourth-order valence-corrected chi connectivity index (χ4v) is 2.94. The number of rotatable bonds is 3. The molecule has 1 aliphatic rings. The number of aromatic nitrogens is 2. The molecule has 3 rings (SSSR count). The maximum absolute atomic E-state index is 6.16. The van der Waals surface area contributed by atoms with Crippen LogP contribution in [0.2, 0.25) is 5.02 Å². The third-order valence-corrected chi connectivity index (χ3v) is 3.94. The van der Waals surface area contributed by atoms with Gasteiger partial charge in [-0.2, -0.15) is 0 Å². The number of hydrogen-bond acceptors (Lipinski definition) is 2. The Kier molecular flexibility index (Phi) is 3.58. The number of aryl methyl sites for hydroxylation is 1. The standard InChI is InChI=1S/C15H18ClN3/c1-17-9-11-6-7-12(16)8-15(11)19-10-18-13-4-2-3-5-14(13)19/h6-8,10,17H,2-5,9H2,1H3. The van der Waals surface area contributed by atoms with E-state index in [1.54, 1.807) is 0 Å². The van der Waals surface area contributed by atoms with Gasteiger partial charge in [0.1, 0.15) is 0 Å². The van der Waals surface area contributed by atoms with E-state index in [1.165, 1.54) is 29.8 Å². The van der Waals surface area contributed by atoms with Crippen LogP contribution in [0.25, 0.3) is 5.69 Å². The quantitative estimate of drug-likeness (QED) is 0.933. The molecule has 1 aliphatic carbocycles. The molecule has 1 aromatic carbocycles. The summed E-state index contributed by atoms with van der Waals surface area (Å²) in [5.74, 6) is 0. The van der Waals surface area contributed by atoms with Crippen molar-refractivity contribution in [2.75, 3.05) is 7.05 Å². The summed E-state index contributed by atoms with van der Waals surface area (Å²) in [7, 11) is 1.96. The summed E-state index contributed by atoms with van der Waals surface area (Å²) in [6.45, 7) is 0.833. The summed E-state index contributed by atoms with van der Waals surface area (Å²) in [6, 6.07) is 6.06. The van der Waals surface area contributed by atoms with Crippen molar-refractivity contribution in [3.63, 3.8) is 0 Å². The number of fused-ring (bicyclic) bond motifs is 1. The lowest BCUT2D eigenvalue weighted by atomic mass is 10.0. The normalized spacial score (nSPS) is 14.4. The smallest absolute Gasteiger partial charge is 0.0997 e. The largest absolute Gasteiger partial charge is 0.316 e. The van der Waals surface area contributed by atoms with Gasteiger partial charge in [0.25, 0.3) is 0 Å². The Morgan fingerprint density at radius 1 is 1.32 bits per heavy atom. The SMILES string of the molecule is CNCc1ccc(Cl)cc1-n1cnc2c1CCCC2. The molecule has 1 N–H and O–H groups in total. The molecular weight excluding hydrogens is 258 g/mol. The van der Waals surface area contributed by atoms with E-state index >= 15 is 0 Å². The summed E-state index contributed by atoms with van der Waals surface area (Å²) in [6.07, 6.45) is 6.66. The van der Waals surface area contributed by atoms with Crippen LogP contribution >= 0.6 is 11.6 Å². The second-order valence-electron chi connectivity index (χ2n) is 5.02. The lowest BCUT2D eigenvalue weighted by Crippen LogP contribution is -2.12. The van der Waals surface area contributed by atoms with Crippen LogP contribution in [0.3, 0.4) is 0 Å². The fourth-order valence-electron chi connectivity index (χ4n) is 2.78. The van der Waals surface area contributed by atoms with E-state index in [-0.39, 0.29) is 0 Å². The van der Waals surface area contributed by atoms with Gasteiger partial charge in [-0.15, -0.1) is 0 Å². The highest BCUT2D eigenvalue weighted by Gasteiger charge is 2.17. The minimum Gasteiger partial charge on any atom is -0.316 e. The topological polar surface area (TPSA) is 29.9 Å². The van der Waals surface area contributed by atoms with E-state index < -0.39 is 0 Å². The van der Waals surface area contributed by atoms with E-state index in [1.807, 2.05) is 25.5 Å². The average molecular weight is 276 g/mol. The minimum absolute atomic E-state index is 0.771. The Hall–Kier alpha value is -1.32. The van der Waals surface area contributed by atoms with Crippen molar-refractivity contribution in [3.05, 3.63) is 46.5 Å². The molecule has 0 spiro atoms. The molecule has 0 saturated heterocycles. The highest BCUT2D eigenvalue weighted by atomic mass is 35.5. The summed E-state index contributed by atoms with van der Waals surface area (Å²) >= 11 is 6.16. The second kappa shape index (κ2) is 5.35. The van der Waals surface area contributed by atoms with Gasteiger partial charge in [-0.05, 0) is 50.4 Å². The molecule has 0 aliphatic heterocycles. The summed E-state index contributed by atoms with van der Waals surface area (Å²) in [5.41, 5.74) is 5.00. The molecule has 1 heterocycles. The van der Waals surface area contributed by atoms with Crippen LogP contribution in [0.4, 0.5) is 0 Å². The third kappa shape index (κ3) is 2.40. The molecule has 3 nitrogen and oxygen atoms in total. The maximum Gasteiger partial charge on any atom is 0.0997 e. The molecule has 0 bridgehead atoms. The zero-order valence-electron chi connectivity index (χ0n) is 11.1. The Morgan fingerprint density at radius 2 is 2.16 bits per heavy atom. The van der Waals surface area contributed by atoms with E-state index in [0.717, 1.165) is 30.1 Å². The molecule has 0 atom stereocenters. The predicted molar refractivity (Wildman–Crippen MR) is 78.0 cm³/mol. The van der Waals surface area contributed by atoms with E-state index in [4.69, 9.17) is 11.6 Å². The van der Waals surface area contributed by atoms with Gasteiger partial charge >= 0.3 is 0 Å². The molecule has 2 aromatic rings. The number of imidazole rings is 1. The predicted octanol–water partition coefficient (Wildman–Crippen LogP) is 3.12. The zero-order chi connectivity index (χ0) is 13.2. The van der Waals surface area contributed by atoms with Crippen LogP contribution in [0.15, 0.2) is 24.5 Å². The molecule has 0 fully saturated rings. The van der Waals surface area contributed by atoms with Crippen molar-refractivity contribution >= 4 is 11.6 Å². The highest BCUT2D eigenvalue weighted by Crippen LogP contribution is 2.26. The number of nitrogens with one attached hydrogen (secondary N) is 1. The molecule has 19 heavy (non-hydrogen) atoms. The van der Waals surface area contributed by atoms with Gasteiger partial charge in [-0.1, -0.05) is 17.7 Å². The fraction of sp³-hybridized carbons (Fsp3) is 0.400. The Morgan fingerprint density at radius 3 is 3.00 bits per heavy atom. The summed E-state index contributed by atoms with van der Waals surface area (Å²) in [4.78, 5) is 4.56. The second-order valence-corrected chi connectivity index (χ2v) is 5.45. The summed E-state index contributed by atoms with van der Waals surface area (Å²) < 4.78 is 2.22. The lowest BCUT2D eigenvalue weighted by molar-refractivity contribution is 0.654. The average Bonchev–Trinajstić information content (AvgIpc) is 2.85. The van der Waals surface area contributed by atoms with Gasteiger partial charge in [0.05, 0.1) is 17.7 Å². The van der Waals surface area contributed by atoms with Gasteiger partial charge in [0.2, 0.25) is 0 Å². The monoisotopic (exact) mass is 275 g/mol. The van der Waals surface area contributed by atoms with Crippen LogP contribution in [0.1, 0.15) is 29.8 Å². The Balaban J connectivity index is 2.10. The number of benzene rings is 1. The number of nitrogens with zero attached hydrogens (tertiary/aromatic N) is 2. The first-order chi connectivity index (χ1) is 9.29. The number of halogens is 1. The molecule has 1 aromatic heterocycles.